The SMILES string of the molecule is CCCOc1ccc(Br)cc1CSc1ccccc1C1=NCCCN1. The van der Waals surface area contributed by atoms with Crippen molar-refractivity contribution in [2.24, 2.45) is 4.99 Å². The Morgan fingerprint density at radius 3 is 2.92 bits per heavy atom. The molecular formula is C20H23BrN2OS. The first-order valence-electron chi connectivity index (χ1n) is 8.69. The lowest BCUT2D eigenvalue weighted by molar-refractivity contribution is 0.315. The lowest BCUT2D eigenvalue weighted by atomic mass is 10.2. The van der Waals surface area contributed by atoms with E-state index in [0.717, 1.165) is 54.3 Å². The van der Waals surface area contributed by atoms with Gasteiger partial charge in [0.1, 0.15) is 11.6 Å². The molecule has 0 fully saturated rings. The molecule has 0 radical (unpaired) electrons. The molecule has 5 heteroatoms. The van der Waals surface area contributed by atoms with Crippen LogP contribution >= 0.6 is 27.7 Å². The first-order chi connectivity index (χ1) is 12.3. The van der Waals surface area contributed by atoms with Crippen LogP contribution in [0.25, 0.3) is 0 Å². The number of hydrogen-bond donors (Lipinski definition) is 1. The maximum atomic E-state index is 5.91. The summed E-state index contributed by atoms with van der Waals surface area (Å²) in [5.41, 5.74) is 2.40. The molecule has 25 heavy (non-hydrogen) atoms. The Labute approximate surface area is 162 Å². The van der Waals surface area contributed by atoms with Gasteiger partial charge in [-0.05, 0) is 37.1 Å². The highest BCUT2D eigenvalue weighted by atomic mass is 79.9. The van der Waals surface area contributed by atoms with Gasteiger partial charge in [0.15, 0.2) is 0 Å². The topological polar surface area (TPSA) is 33.6 Å². The first-order valence-corrected chi connectivity index (χ1v) is 10.5. The van der Waals surface area contributed by atoms with Crippen LogP contribution in [0.4, 0.5) is 0 Å². The summed E-state index contributed by atoms with van der Waals surface area (Å²) in [6, 6.07) is 14.7. The highest BCUT2D eigenvalue weighted by Crippen LogP contribution is 2.32. The number of nitrogens with zero attached hydrogens (tertiary/aromatic N) is 1. The Kier molecular flexibility index (Phi) is 6.82. The average Bonchev–Trinajstić information content (AvgIpc) is 2.66. The number of hydrogen-bond acceptors (Lipinski definition) is 4. The van der Waals surface area contributed by atoms with E-state index in [1.807, 2.05) is 23.9 Å². The summed E-state index contributed by atoms with van der Waals surface area (Å²) in [4.78, 5) is 5.89. The Hall–Kier alpha value is -1.46. The fourth-order valence-corrected chi connectivity index (χ4v) is 4.11. The fourth-order valence-electron chi connectivity index (χ4n) is 2.67. The van der Waals surface area contributed by atoms with Crippen LogP contribution in [0, 0.1) is 0 Å². The van der Waals surface area contributed by atoms with Crippen molar-refractivity contribution in [3.8, 4) is 5.75 Å². The highest BCUT2D eigenvalue weighted by Gasteiger charge is 2.13. The summed E-state index contributed by atoms with van der Waals surface area (Å²) < 4.78 is 6.99. The monoisotopic (exact) mass is 418 g/mol. The predicted octanol–water partition coefficient (Wildman–Crippen LogP) is 5.27. The van der Waals surface area contributed by atoms with Gasteiger partial charge in [0.05, 0.1) is 6.61 Å². The van der Waals surface area contributed by atoms with Gasteiger partial charge in [0.2, 0.25) is 0 Å². The predicted molar refractivity (Wildman–Crippen MR) is 110 cm³/mol. The summed E-state index contributed by atoms with van der Waals surface area (Å²) in [5.74, 6) is 2.86. The normalized spacial score (nSPS) is 13.9. The second kappa shape index (κ2) is 9.30. The number of amidine groups is 1. The Morgan fingerprint density at radius 1 is 1.24 bits per heavy atom. The minimum Gasteiger partial charge on any atom is -0.493 e. The van der Waals surface area contributed by atoms with Crippen LogP contribution in [0.2, 0.25) is 0 Å². The van der Waals surface area contributed by atoms with Crippen molar-refractivity contribution < 1.29 is 4.74 Å². The molecule has 0 saturated carbocycles. The molecule has 1 aliphatic rings. The lowest BCUT2D eigenvalue weighted by Crippen LogP contribution is -2.30. The number of rotatable bonds is 7. The minimum atomic E-state index is 0.747. The van der Waals surface area contributed by atoms with Gasteiger partial charge in [-0.15, -0.1) is 11.8 Å². The number of nitrogens with one attached hydrogen (secondary N) is 1. The minimum absolute atomic E-state index is 0.747. The molecule has 1 N–H and O–H groups in total. The number of aliphatic imine (C=N–C) groups is 1. The number of ether oxygens (including phenoxy) is 1. The van der Waals surface area contributed by atoms with E-state index in [2.05, 4.69) is 63.5 Å². The van der Waals surface area contributed by atoms with Crippen molar-refractivity contribution in [2.75, 3.05) is 19.7 Å². The summed E-state index contributed by atoms with van der Waals surface area (Å²) >= 11 is 5.40. The number of benzene rings is 2. The van der Waals surface area contributed by atoms with Crippen LogP contribution in [-0.2, 0) is 5.75 Å². The summed E-state index contributed by atoms with van der Waals surface area (Å²) in [6.07, 6.45) is 2.12. The summed E-state index contributed by atoms with van der Waals surface area (Å²) in [7, 11) is 0. The molecule has 1 aliphatic heterocycles. The zero-order valence-corrected chi connectivity index (χ0v) is 16.8. The molecule has 0 aromatic heterocycles. The second-order valence-electron chi connectivity index (χ2n) is 5.90. The van der Waals surface area contributed by atoms with E-state index in [1.54, 1.807) is 0 Å². The third-order valence-corrected chi connectivity index (χ3v) is 5.52. The fraction of sp³-hybridized carbons (Fsp3) is 0.350. The van der Waals surface area contributed by atoms with Gasteiger partial charge in [-0.1, -0.05) is 41.1 Å². The van der Waals surface area contributed by atoms with Gasteiger partial charge in [-0.25, -0.2) is 0 Å². The van der Waals surface area contributed by atoms with E-state index >= 15 is 0 Å². The molecule has 3 nitrogen and oxygen atoms in total. The Bertz CT molecular complexity index is 748. The molecule has 0 saturated heterocycles. The molecule has 3 rings (SSSR count). The largest absolute Gasteiger partial charge is 0.493 e. The van der Waals surface area contributed by atoms with Crippen molar-refractivity contribution in [1.82, 2.24) is 5.32 Å². The maximum absolute atomic E-state index is 5.91. The molecule has 2 aromatic rings. The van der Waals surface area contributed by atoms with Crippen LogP contribution in [0.15, 0.2) is 56.8 Å². The van der Waals surface area contributed by atoms with Gasteiger partial charge in [0, 0.05) is 39.3 Å². The van der Waals surface area contributed by atoms with Crippen molar-refractivity contribution in [2.45, 2.75) is 30.4 Å². The van der Waals surface area contributed by atoms with Crippen molar-refractivity contribution in [3.63, 3.8) is 0 Å². The molecule has 2 aromatic carbocycles. The van der Waals surface area contributed by atoms with Crippen molar-refractivity contribution in [3.05, 3.63) is 58.1 Å². The quantitative estimate of drug-likeness (QED) is 0.621. The summed E-state index contributed by atoms with van der Waals surface area (Å²) in [5, 5.41) is 3.43. The van der Waals surface area contributed by atoms with Gasteiger partial charge in [-0.3, -0.25) is 4.99 Å². The van der Waals surface area contributed by atoms with E-state index in [9.17, 15) is 0 Å². The Morgan fingerprint density at radius 2 is 2.12 bits per heavy atom. The van der Waals surface area contributed by atoms with E-state index in [-0.39, 0.29) is 0 Å². The molecule has 0 aliphatic carbocycles. The molecule has 1 heterocycles. The van der Waals surface area contributed by atoms with E-state index < -0.39 is 0 Å². The molecule has 0 amide bonds. The molecule has 0 bridgehead atoms. The van der Waals surface area contributed by atoms with Crippen LogP contribution in [0.1, 0.15) is 30.9 Å². The molecule has 0 unspecified atom stereocenters. The Balaban J connectivity index is 1.78. The maximum Gasteiger partial charge on any atom is 0.129 e. The van der Waals surface area contributed by atoms with Crippen molar-refractivity contribution in [1.29, 1.82) is 0 Å². The van der Waals surface area contributed by atoms with E-state index in [4.69, 9.17) is 4.74 Å². The summed E-state index contributed by atoms with van der Waals surface area (Å²) in [6.45, 7) is 4.78. The molecule has 0 atom stereocenters. The van der Waals surface area contributed by atoms with Crippen LogP contribution < -0.4 is 10.1 Å². The third-order valence-electron chi connectivity index (χ3n) is 3.91. The molecule has 132 valence electrons. The highest BCUT2D eigenvalue weighted by molar-refractivity contribution is 9.10. The van der Waals surface area contributed by atoms with Gasteiger partial charge in [0.25, 0.3) is 0 Å². The van der Waals surface area contributed by atoms with E-state index in [0.29, 0.717) is 0 Å². The zero-order valence-electron chi connectivity index (χ0n) is 14.4. The van der Waals surface area contributed by atoms with Crippen LogP contribution in [0.5, 0.6) is 5.75 Å². The lowest BCUT2D eigenvalue weighted by Gasteiger charge is -2.17. The van der Waals surface area contributed by atoms with Crippen LogP contribution in [-0.4, -0.2) is 25.5 Å². The average molecular weight is 419 g/mol. The number of thioether (sulfide) groups is 1. The third kappa shape index (κ3) is 5.02. The van der Waals surface area contributed by atoms with E-state index in [1.165, 1.54) is 16.0 Å². The van der Waals surface area contributed by atoms with Gasteiger partial charge < -0.3 is 10.1 Å². The van der Waals surface area contributed by atoms with Crippen molar-refractivity contribution >= 4 is 33.5 Å². The first kappa shape index (κ1) is 18.3. The van der Waals surface area contributed by atoms with Gasteiger partial charge >= 0.3 is 0 Å². The smallest absolute Gasteiger partial charge is 0.129 e. The standard InChI is InChI=1S/C20H23BrN2OS/c1-2-12-24-18-9-8-16(21)13-15(18)14-25-19-7-4-3-6-17(19)20-22-10-5-11-23-20/h3-4,6-9,13H,2,5,10-12,14H2,1H3,(H,22,23). The second-order valence-corrected chi connectivity index (χ2v) is 7.83. The number of halogens is 1. The molecule has 0 spiro atoms. The zero-order chi connectivity index (χ0) is 17.5. The van der Waals surface area contributed by atoms with Gasteiger partial charge in [-0.2, -0.15) is 0 Å². The van der Waals surface area contributed by atoms with Crippen LogP contribution in [0.3, 0.4) is 0 Å². The molecular weight excluding hydrogens is 396 g/mol.